The number of aromatic amines is 1. The molecule has 1 aliphatic carbocycles. The number of nitrogens with one attached hydrogen (secondary N) is 2. The Morgan fingerprint density at radius 2 is 1.73 bits per heavy atom. The first-order chi connectivity index (χ1) is 19.2. The third-order valence-electron chi connectivity index (χ3n) is 6.96. The van der Waals surface area contributed by atoms with Crippen LogP contribution < -0.4 is 5.32 Å². The van der Waals surface area contributed by atoms with Gasteiger partial charge in [0.25, 0.3) is 5.69 Å². The predicted octanol–water partition coefficient (Wildman–Crippen LogP) is 3.85. The molecular weight excluding hydrogens is 518 g/mol. The third-order valence-corrected chi connectivity index (χ3v) is 6.96. The van der Waals surface area contributed by atoms with Gasteiger partial charge in [0.1, 0.15) is 6.04 Å². The molecule has 40 heavy (non-hydrogen) atoms. The van der Waals surface area contributed by atoms with Gasteiger partial charge in [-0.05, 0) is 24.1 Å². The fourth-order valence-electron chi connectivity index (χ4n) is 5.12. The molecule has 2 N–H and O–H groups in total. The van der Waals surface area contributed by atoms with Crippen LogP contribution in [0.1, 0.15) is 30.4 Å². The fourth-order valence-corrected chi connectivity index (χ4v) is 5.12. The maximum absolute atomic E-state index is 13.3. The summed E-state index contributed by atoms with van der Waals surface area (Å²) < 4.78 is 15.2. The average molecular weight is 548 g/mol. The number of methoxy groups -OCH3 is 3. The smallest absolute Gasteiger partial charge is 0.336 e. The number of aromatic nitrogens is 1. The molecule has 3 aromatic rings. The number of nitrogens with zero attached hydrogens (tertiary/aromatic N) is 1. The Labute approximate surface area is 229 Å². The number of carbonyl (C=O) groups is 3. The van der Waals surface area contributed by atoms with Gasteiger partial charge < -0.3 is 24.5 Å². The second-order valence-electron chi connectivity index (χ2n) is 9.31. The number of H-pyrrole nitrogens is 1. The van der Waals surface area contributed by atoms with E-state index < -0.39 is 34.8 Å². The lowest BCUT2D eigenvalue weighted by Crippen LogP contribution is -2.41. The highest BCUT2D eigenvalue weighted by Crippen LogP contribution is 2.43. The Balaban J connectivity index is 1.86. The van der Waals surface area contributed by atoms with Gasteiger partial charge in [-0.2, -0.15) is 0 Å². The molecule has 2 aromatic carbocycles. The minimum absolute atomic E-state index is 0.0434. The molecule has 1 heterocycles. The monoisotopic (exact) mass is 547 g/mol. The zero-order chi connectivity index (χ0) is 29.0. The van der Waals surface area contributed by atoms with Gasteiger partial charge in [-0.3, -0.25) is 10.1 Å². The number of carbonyl (C=O) groups excluding carboxylic acids is 3. The highest BCUT2D eigenvalue weighted by molar-refractivity contribution is 6.00. The molecule has 11 nitrogen and oxygen atoms in total. The molecule has 0 unspecified atom stereocenters. The molecule has 11 heteroatoms. The molecule has 0 bridgehead atoms. The molecule has 208 valence electrons. The summed E-state index contributed by atoms with van der Waals surface area (Å²) in [6, 6.07) is 12.4. The number of rotatable bonds is 9. The lowest BCUT2D eigenvalue weighted by atomic mass is 9.76. The van der Waals surface area contributed by atoms with Crippen molar-refractivity contribution in [2.24, 2.45) is 0 Å². The van der Waals surface area contributed by atoms with Crippen LogP contribution in [0.15, 0.2) is 77.1 Å². The van der Waals surface area contributed by atoms with E-state index in [9.17, 15) is 24.5 Å². The van der Waals surface area contributed by atoms with Crippen LogP contribution in [-0.4, -0.2) is 55.2 Å². The van der Waals surface area contributed by atoms with E-state index in [0.717, 1.165) is 16.5 Å². The van der Waals surface area contributed by atoms with Crippen molar-refractivity contribution in [3.8, 4) is 0 Å². The van der Waals surface area contributed by atoms with Gasteiger partial charge in [-0.15, -0.1) is 0 Å². The Morgan fingerprint density at radius 3 is 2.40 bits per heavy atom. The van der Waals surface area contributed by atoms with Crippen LogP contribution in [-0.2, 0) is 35.0 Å². The predicted molar refractivity (Wildman–Crippen MR) is 145 cm³/mol. The van der Waals surface area contributed by atoms with Crippen molar-refractivity contribution >= 4 is 34.5 Å². The van der Waals surface area contributed by atoms with Gasteiger partial charge in [0, 0.05) is 53.3 Å². The second-order valence-corrected chi connectivity index (χ2v) is 9.31. The number of hydrogen-bond donors (Lipinski definition) is 2. The fraction of sp³-hybridized carbons (Fsp3) is 0.276. The lowest BCUT2D eigenvalue weighted by molar-refractivity contribution is -0.384. The van der Waals surface area contributed by atoms with Crippen molar-refractivity contribution in [1.29, 1.82) is 0 Å². The lowest BCUT2D eigenvalue weighted by Gasteiger charge is -2.32. The summed E-state index contributed by atoms with van der Waals surface area (Å²) in [7, 11) is 3.69. The van der Waals surface area contributed by atoms with Crippen molar-refractivity contribution in [3.05, 3.63) is 98.4 Å². The number of ether oxygens (including phenoxy) is 3. The molecule has 0 fully saturated rings. The Bertz CT molecular complexity index is 1550. The number of benzene rings is 2. The van der Waals surface area contributed by atoms with E-state index in [0.29, 0.717) is 16.8 Å². The van der Waals surface area contributed by atoms with Gasteiger partial charge in [0.15, 0.2) is 0 Å². The van der Waals surface area contributed by atoms with Crippen LogP contribution in [0.5, 0.6) is 0 Å². The van der Waals surface area contributed by atoms with Crippen LogP contribution in [0.25, 0.3) is 10.9 Å². The zero-order valence-corrected chi connectivity index (χ0v) is 22.5. The number of para-hydroxylation sites is 1. The molecule has 2 atom stereocenters. The highest BCUT2D eigenvalue weighted by Gasteiger charge is 2.40. The molecule has 4 rings (SSSR count). The summed E-state index contributed by atoms with van der Waals surface area (Å²) in [5, 5.41) is 15.7. The van der Waals surface area contributed by atoms with E-state index in [1.807, 2.05) is 30.5 Å². The molecule has 0 spiro atoms. The van der Waals surface area contributed by atoms with Crippen LogP contribution in [0, 0.1) is 10.1 Å². The van der Waals surface area contributed by atoms with Gasteiger partial charge in [-0.1, -0.05) is 35.9 Å². The SMILES string of the molecule is COC(=O)C1=C(C)CC(N[C@@H](Cc2c[nH]c3ccccc23)C(=O)OC)=C(C(=O)OC)[C@H]1c1cccc([N+](=O)[O-])c1. The van der Waals surface area contributed by atoms with Gasteiger partial charge in [-0.25, -0.2) is 14.4 Å². The van der Waals surface area contributed by atoms with Crippen LogP contribution >= 0.6 is 0 Å². The summed E-state index contributed by atoms with van der Waals surface area (Å²) in [5.74, 6) is -3.06. The number of allylic oxidation sites excluding steroid dienone is 1. The quantitative estimate of drug-likeness (QED) is 0.176. The van der Waals surface area contributed by atoms with Crippen molar-refractivity contribution in [2.75, 3.05) is 21.3 Å². The van der Waals surface area contributed by atoms with E-state index in [1.165, 1.54) is 39.5 Å². The van der Waals surface area contributed by atoms with E-state index in [-0.39, 0.29) is 29.7 Å². The van der Waals surface area contributed by atoms with Crippen LogP contribution in [0.3, 0.4) is 0 Å². The van der Waals surface area contributed by atoms with Crippen molar-refractivity contribution < 1.29 is 33.5 Å². The normalized spacial score (nSPS) is 15.9. The molecule has 0 radical (unpaired) electrons. The van der Waals surface area contributed by atoms with Crippen LogP contribution in [0.4, 0.5) is 5.69 Å². The summed E-state index contributed by atoms with van der Waals surface area (Å²) >= 11 is 0. The van der Waals surface area contributed by atoms with Crippen molar-refractivity contribution in [2.45, 2.75) is 31.7 Å². The second kappa shape index (κ2) is 11.9. The first-order valence-electron chi connectivity index (χ1n) is 12.4. The van der Waals surface area contributed by atoms with Gasteiger partial charge >= 0.3 is 17.9 Å². The largest absolute Gasteiger partial charge is 0.467 e. The summed E-state index contributed by atoms with van der Waals surface area (Å²) in [6.07, 6.45) is 2.13. The summed E-state index contributed by atoms with van der Waals surface area (Å²) in [5.41, 5.74) is 2.97. The molecule has 0 saturated heterocycles. The van der Waals surface area contributed by atoms with Crippen LogP contribution in [0.2, 0.25) is 0 Å². The zero-order valence-electron chi connectivity index (χ0n) is 22.5. The Kier molecular flexibility index (Phi) is 8.32. The number of esters is 3. The highest BCUT2D eigenvalue weighted by atomic mass is 16.6. The van der Waals surface area contributed by atoms with E-state index in [1.54, 1.807) is 13.0 Å². The summed E-state index contributed by atoms with van der Waals surface area (Å²) in [6.45, 7) is 1.71. The number of hydrogen-bond acceptors (Lipinski definition) is 9. The number of nitro benzene ring substituents is 1. The average Bonchev–Trinajstić information content (AvgIpc) is 3.37. The van der Waals surface area contributed by atoms with E-state index >= 15 is 0 Å². The molecule has 1 aromatic heterocycles. The van der Waals surface area contributed by atoms with E-state index in [4.69, 9.17) is 14.2 Å². The molecular formula is C29H29N3O8. The minimum atomic E-state index is -1.05. The number of nitro groups is 1. The number of fused-ring (bicyclic) bond motifs is 1. The van der Waals surface area contributed by atoms with Gasteiger partial charge in [0.05, 0.1) is 37.7 Å². The Morgan fingerprint density at radius 1 is 1.02 bits per heavy atom. The maximum atomic E-state index is 13.3. The molecule has 0 amide bonds. The molecule has 0 aliphatic heterocycles. The molecule has 1 aliphatic rings. The molecule has 0 saturated carbocycles. The van der Waals surface area contributed by atoms with Crippen molar-refractivity contribution in [1.82, 2.24) is 10.3 Å². The summed E-state index contributed by atoms with van der Waals surface area (Å²) in [4.78, 5) is 53.4. The first kappa shape index (κ1) is 28.1. The minimum Gasteiger partial charge on any atom is -0.467 e. The van der Waals surface area contributed by atoms with Gasteiger partial charge in [0.2, 0.25) is 0 Å². The topological polar surface area (TPSA) is 150 Å². The standard InChI is InChI=1S/C29H29N3O8/c1-16-12-22(31-23(27(33)38-2)14-18-15-30-21-11-6-5-10-20(18)21)26(29(35)40-4)25(24(16)28(34)39-3)17-8-7-9-19(13-17)32(36)37/h5-11,13,15,23,25,30-31H,12,14H2,1-4H3/t23-,25-/m0/s1. The number of non-ortho nitro benzene ring substituents is 1. The van der Waals surface area contributed by atoms with Crippen molar-refractivity contribution in [3.63, 3.8) is 0 Å². The van der Waals surface area contributed by atoms with E-state index in [2.05, 4.69) is 10.3 Å². The first-order valence-corrected chi connectivity index (χ1v) is 12.4. The Hall–Kier alpha value is -4.93. The maximum Gasteiger partial charge on any atom is 0.336 e. The third kappa shape index (κ3) is 5.44.